The lowest BCUT2D eigenvalue weighted by Crippen LogP contribution is -2.34. The number of nitrogens with one attached hydrogen (secondary N) is 1. The second kappa shape index (κ2) is 4.25. The average molecular weight is 159 g/mol. The van der Waals surface area contributed by atoms with Crippen LogP contribution in [0, 0.1) is 0 Å². The maximum atomic E-state index is 3.69. The second-order valence-electron chi connectivity index (χ2n) is 2.89. The van der Waals surface area contributed by atoms with Crippen molar-refractivity contribution in [2.24, 2.45) is 0 Å². The van der Waals surface area contributed by atoms with E-state index in [-0.39, 0.29) is 9.20 Å². The van der Waals surface area contributed by atoms with Gasteiger partial charge in [0.05, 0.1) is 9.20 Å². The summed E-state index contributed by atoms with van der Waals surface area (Å²) in [5, 5.41) is 0. The number of rotatable bonds is 2. The minimum absolute atomic E-state index is 0.258. The molecule has 0 atom stereocenters. The van der Waals surface area contributed by atoms with E-state index in [1.54, 1.807) is 0 Å². The van der Waals surface area contributed by atoms with E-state index in [4.69, 9.17) is 0 Å². The summed E-state index contributed by atoms with van der Waals surface area (Å²) in [4.78, 5) is 3.69. The molecular weight excluding hydrogens is 142 g/mol. The fourth-order valence-electron chi connectivity index (χ4n) is 1.60. The van der Waals surface area contributed by atoms with Crippen molar-refractivity contribution in [2.45, 2.75) is 38.1 Å². The lowest BCUT2D eigenvalue weighted by Gasteiger charge is -2.21. The van der Waals surface area contributed by atoms with Crippen LogP contribution in [0.25, 0.3) is 0 Å². The molecule has 0 amide bonds. The fourth-order valence-corrected chi connectivity index (χ4v) is 4.31. The van der Waals surface area contributed by atoms with Gasteiger partial charge in [-0.2, -0.15) is 0 Å². The zero-order valence-electron chi connectivity index (χ0n) is 6.32. The van der Waals surface area contributed by atoms with Crippen LogP contribution in [0.3, 0.4) is 0 Å². The van der Waals surface area contributed by atoms with E-state index in [0.717, 1.165) is 6.04 Å². The average Bonchev–Trinajstić information content (AvgIpc) is 1.91. The van der Waals surface area contributed by atoms with E-state index in [0.29, 0.717) is 0 Å². The lowest BCUT2D eigenvalue weighted by atomic mass is 9.96. The van der Waals surface area contributed by atoms with Gasteiger partial charge < -0.3 is 4.98 Å². The van der Waals surface area contributed by atoms with Gasteiger partial charge in [0.25, 0.3) is 0 Å². The summed E-state index contributed by atoms with van der Waals surface area (Å²) in [6, 6.07) is 0.947. The maximum Gasteiger partial charge on any atom is 0.0725 e. The smallest absolute Gasteiger partial charge is 0.0725 e. The van der Waals surface area contributed by atoms with Crippen LogP contribution in [0.2, 0.25) is 0 Å². The van der Waals surface area contributed by atoms with Crippen LogP contribution in [-0.4, -0.2) is 25.0 Å². The van der Waals surface area contributed by atoms with E-state index in [1.807, 2.05) is 0 Å². The van der Waals surface area contributed by atoms with Crippen molar-refractivity contribution in [3.05, 3.63) is 0 Å². The molecule has 1 aliphatic carbocycles. The van der Waals surface area contributed by atoms with Gasteiger partial charge in [0.1, 0.15) is 0 Å². The molecule has 1 saturated carbocycles. The molecule has 1 fully saturated rings. The molecule has 0 aliphatic heterocycles. The highest BCUT2D eigenvalue weighted by molar-refractivity contribution is 6.87. The Morgan fingerprint density at radius 3 is 2.44 bits per heavy atom. The summed E-state index contributed by atoms with van der Waals surface area (Å²) in [6.07, 6.45) is 7.38. The SMILES string of the molecule is [SiH3][SiH2]NC1CCCCC1. The Morgan fingerprint density at radius 2 is 1.89 bits per heavy atom. The Bertz CT molecular complexity index is 68.7. The zero-order valence-corrected chi connectivity index (χ0v) is 9.73. The second-order valence-corrected chi connectivity index (χ2v) is 6.13. The molecule has 1 aliphatic rings. The van der Waals surface area contributed by atoms with Crippen LogP contribution in [0.4, 0.5) is 0 Å². The van der Waals surface area contributed by atoms with Gasteiger partial charge in [-0.1, -0.05) is 19.3 Å². The molecule has 0 unspecified atom stereocenters. The summed E-state index contributed by atoms with van der Waals surface area (Å²) >= 11 is 0. The van der Waals surface area contributed by atoms with E-state index < -0.39 is 0 Å². The quantitative estimate of drug-likeness (QED) is 0.524. The Labute approximate surface area is 62.7 Å². The molecule has 9 heavy (non-hydrogen) atoms. The molecule has 54 valence electrons. The first-order valence-corrected chi connectivity index (χ1v) is 10.5. The topological polar surface area (TPSA) is 12.0 Å². The van der Waals surface area contributed by atoms with Crippen molar-refractivity contribution in [3.63, 3.8) is 0 Å². The molecule has 1 rings (SSSR count). The number of hydrogen-bond donors (Lipinski definition) is 1. The highest BCUT2D eigenvalue weighted by Gasteiger charge is 2.10. The minimum atomic E-state index is 0.258. The first-order valence-electron chi connectivity index (χ1n) is 4.17. The van der Waals surface area contributed by atoms with Crippen molar-refractivity contribution in [2.75, 3.05) is 0 Å². The summed E-state index contributed by atoms with van der Waals surface area (Å²) < 4.78 is 0. The molecule has 0 heterocycles. The van der Waals surface area contributed by atoms with Gasteiger partial charge in [-0.25, -0.2) is 0 Å². The van der Waals surface area contributed by atoms with E-state index in [2.05, 4.69) is 4.98 Å². The van der Waals surface area contributed by atoms with Crippen LogP contribution in [0.5, 0.6) is 0 Å². The first kappa shape index (κ1) is 7.50. The summed E-state index contributed by atoms with van der Waals surface area (Å²) in [6.45, 7) is 0. The normalized spacial score (nSPS) is 24.0. The molecule has 0 aromatic heterocycles. The van der Waals surface area contributed by atoms with Gasteiger partial charge in [-0.3, -0.25) is 0 Å². The van der Waals surface area contributed by atoms with E-state index in [9.17, 15) is 0 Å². The van der Waals surface area contributed by atoms with Crippen LogP contribution in [0.1, 0.15) is 32.1 Å². The third-order valence-corrected chi connectivity index (χ3v) is 4.31. The van der Waals surface area contributed by atoms with Crippen molar-refractivity contribution >= 4 is 19.0 Å². The molecule has 3 heteroatoms. The molecule has 0 aromatic carbocycles. The highest BCUT2D eigenvalue weighted by atomic mass is 29.1. The largest absolute Gasteiger partial charge is 0.343 e. The van der Waals surface area contributed by atoms with Gasteiger partial charge in [0.2, 0.25) is 0 Å². The third-order valence-electron chi connectivity index (χ3n) is 2.10. The van der Waals surface area contributed by atoms with Crippen molar-refractivity contribution in [1.29, 1.82) is 0 Å². The van der Waals surface area contributed by atoms with Gasteiger partial charge >= 0.3 is 0 Å². The van der Waals surface area contributed by atoms with Crippen LogP contribution in [0.15, 0.2) is 0 Å². The van der Waals surface area contributed by atoms with Crippen molar-refractivity contribution in [1.82, 2.24) is 4.98 Å². The molecule has 0 saturated heterocycles. The van der Waals surface area contributed by atoms with Crippen LogP contribution >= 0.6 is 0 Å². The summed E-state index contributed by atoms with van der Waals surface area (Å²) in [5.74, 6) is 0. The van der Waals surface area contributed by atoms with Crippen LogP contribution < -0.4 is 4.98 Å². The molecule has 0 spiro atoms. The maximum absolute atomic E-state index is 3.69. The molecule has 0 aromatic rings. The first-order chi connectivity index (χ1) is 4.43. The van der Waals surface area contributed by atoms with E-state index in [1.165, 1.54) is 41.9 Å². The zero-order chi connectivity index (χ0) is 6.53. The predicted molar refractivity (Wildman–Crippen MR) is 48.5 cm³/mol. The lowest BCUT2D eigenvalue weighted by molar-refractivity contribution is 0.419. The molecule has 1 nitrogen and oxygen atoms in total. The standard InChI is InChI=1S/C6H17NSi2/c8-9-7-6-4-2-1-3-5-6/h6-7H,1-5,9H2,8H3. The predicted octanol–water partition coefficient (Wildman–Crippen LogP) is -0.727. The molecular formula is C6H17NSi2. The summed E-state index contributed by atoms with van der Waals surface area (Å²) in [5.41, 5.74) is 0. The fraction of sp³-hybridized carbons (Fsp3) is 1.00. The van der Waals surface area contributed by atoms with Gasteiger partial charge in [0.15, 0.2) is 0 Å². The highest BCUT2D eigenvalue weighted by Crippen LogP contribution is 2.16. The van der Waals surface area contributed by atoms with Crippen LogP contribution in [-0.2, 0) is 0 Å². The van der Waals surface area contributed by atoms with E-state index >= 15 is 0 Å². The van der Waals surface area contributed by atoms with Gasteiger partial charge in [-0.15, -0.1) is 0 Å². The van der Waals surface area contributed by atoms with Gasteiger partial charge in [0, 0.05) is 9.76 Å². The Hall–Kier alpha value is 0.394. The Balaban J connectivity index is 2.08. The van der Waals surface area contributed by atoms with Crippen molar-refractivity contribution < 1.29 is 0 Å². The summed E-state index contributed by atoms with van der Waals surface area (Å²) in [7, 11) is 1.71. The molecule has 1 N–H and O–H groups in total. The Morgan fingerprint density at radius 1 is 1.22 bits per heavy atom. The molecule has 0 bridgehead atoms. The number of hydrogen-bond acceptors (Lipinski definition) is 1. The molecule has 0 radical (unpaired) electrons. The Kier molecular flexibility index (Phi) is 3.54. The van der Waals surface area contributed by atoms with Crippen molar-refractivity contribution in [3.8, 4) is 0 Å². The minimum Gasteiger partial charge on any atom is -0.343 e. The van der Waals surface area contributed by atoms with Gasteiger partial charge in [-0.05, 0) is 18.9 Å². The third kappa shape index (κ3) is 2.64. The monoisotopic (exact) mass is 159 g/mol.